The van der Waals surface area contributed by atoms with Crippen LogP contribution in [0.5, 0.6) is 0 Å². The number of hydrogen-bond acceptors (Lipinski definition) is 3. The summed E-state index contributed by atoms with van der Waals surface area (Å²) in [4.78, 5) is 11.8. The van der Waals surface area contributed by atoms with Crippen LogP contribution >= 0.6 is 0 Å². The quantitative estimate of drug-likeness (QED) is 0.798. The molecule has 0 aromatic carbocycles. The maximum atomic E-state index is 11.8. The summed E-state index contributed by atoms with van der Waals surface area (Å²) >= 11 is 0. The van der Waals surface area contributed by atoms with Gasteiger partial charge in [0.2, 0.25) is 0 Å². The zero-order chi connectivity index (χ0) is 14.0. The van der Waals surface area contributed by atoms with Crippen molar-refractivity contribution < 1.29 is 9.53 Å². The first-order valence-electron chi connectivity index (χ1n) is 6.77. The molecule has 18 heavy (non-hydrogen) atoms. The number of nitrogens with one attached hydrogen (secondary N) is 2. The van der Waals surface area contributed by atoms with Crippen LogP contribution in [0.1, 0.15) is 48.0 Å². The summed E-state index contributed by atoms with van der Waals surface area (Å²) < 4.78 is 5.30. The highest BCUT2D eigenvalue weighted by Crippen LogP contribution is 2.28. The van der Waals surface area contributed by atoms with Gasteiger partial charge in [-0.25, -0.2) is 4.79 Å². The van der Waals surface area contributed by atoms with Crippen molar-refractivity contribution in [3.05, 3.63) is 0 Å². The molecule has 0 aromatic rings. The molecule has 0 bridgehead atoms. The number of alkyl carbamates (subject to hydrolysis) is 1. The summed E-state index contributed by atoms with van der Waals surface area (Å²) in [6.45, 7) is 14.1. The van der Waals surface area contributed by atoms with E-state index in [-0.39, 0.29) is 17.6 Å². The molecule has 1 saturated heterocycles. The van der Waals surface area contributed by atoms with Gasteiger partial charge in [-0.15, -0.1) is 0 Å². The average Bonchev–Trinajstić information content (AvgIpc) is 2.45. The van der Waals surface area contributed by atoms with Crippen LogP contribution in [0.15, 0.2) is 0 Å². The summed E-state index contributed by atoms with van der Waals surface area (Å²) in [7, 11) is 0. The fourth-order valence-corrected chi connectivity index (χ4v) is 2.36. The number of amides is 1. The first kappa shape index (κ1) is 15.3. The van der Waals surface area contributed by atoms with Gasteiger partial charge >= 0.3 is 6.09 Å². The van der Waals surface area contributed by atoms with E-state index in [9.17, 15) is 4.79 Å². The van der Waals surface area contributed by atoms with E-state index in [0.29, 0.717) is 5.92 Å². The molecule has 0 unspecified atom stereocenters. The van der Waals surface area contributed by atoms with Gasteiger partial charge in [0.05, 0.1) is 0 Å². The molecule has 106 valence electrons. The third-order valence-corrected chi connectivity index (χ3v) is 2.92. The van der Waals surface area contributed by atoms with Gasteiger partial charge < -0.3 is 15.4 Å². The van der Waals surface area contributed by atoms with Crippen LogP contribution in [0.4, 0.5) is 4.79 Å². The van der Waals surface area contributed by atoms with Gasteiger partial charge in [-0.2, -0.15) is 0 Å². The SMILES string of the molecule is CC(C)(C)C[C@@H]1CNC[C@H]1NC(=O)OC(C)(C)C. The zero-order valence-electron chi connectivity index (χ0n) is 12.6. The fraction of sp³-hybridized carbons (Fsp3) is 0.929. The van der Waals surface area contributed by atoms with Gasteiger partial charge in [-0.1, -0.05) is 20.8 Å². The first-order chi connectivity index (χ1) is 8.07. The first-order valence-corrected chi connectivity index (χ1v) is 6.77. The molecular weight excluding hydrogens is 228 g/mol. The molecular formula is C14H28N2O2. The van der Waals surface area contributed by atoms with Gasteiger partial charge in [0.1, 0.15) is 5.60 Å². The van der Waals surface area contributed by atoms with Crippen LogP contribution < -0.4 is 10.6 Å². The van der Waals surface area contributed by atoms with E-state index in [2.05, 4.69) is 31.4 Å². The maximum Gasteiger partial charge on any atom is 0.407 e. The lowest BCUT2D eigenvalue weighted by Gasteiger charge is -2.28. The smallest absolute Gasteiger partial charge is 0.407 e. The Morgan fingerprint density at radius 3 is 2.33 bits per heavy atom. The molecule has 1 amide bonds. The Morgan fingerprint density at radius 1 is 1.22 bits per heavy atom. The van der Waals surface area contributed by atoms with Crippen molar-refractivity contribution in [1.82, 2.24) is 10.6 Å². The van der Waals surface area contributed by atoms with Gasteiger partial charge in [0.15, 0.2) is 0 Å². The fourth-order valence-electron chi connectivity index (χ4n) is 2.36. The number of ether oxygens (including phenoxy) is 1. The summed E-state index contributed by atoms with van der Waals surface area (Å²) in [5.74, 6) is 0.484. The van der Waals surface area contributed by atoms with Crippen LogP contribution in [0.2, 0.25) is 0 Å². The Morgan fingerprint density at radius 2 is 1.83 bits per heavy atom. The third-order valence-electron chi connectivity index (χ3n) is 2.92. The van der Waals surface area contributed by atoms with Crippen LogP contribution in [0.25, 0.3) is 0 Å². The highest BCUT2D eigenvalue weighted by molar-refractivity contribution is 5.68. The van der Waals surface area contributed by atoms with E-state index in [1.54, 1.807) is 0 Å². The second-order valence-electron chi connectivity index (χ2n) is 7.44. The number of carbonyl (C=O) groups excluding carboxylic acids is 1. The minimum atomic E-state index is -0.435. The van der Waals surface area contributed by atoms with E-state index in [0.717, 1.165) is 19.5 Å². The van der Waals surface area contributed by atoms with Crippen molar-refractivity contribution in [3.63, 3.8) is 0 Å². The second kappa shape index (κ2) is 5.47. The Bertz CT molecular complexity index is 289. The molecule has 0 aliphatic carbocycles. The monoisotopic (exact) mass is 256 g/mol. The molecule has 0 aromatic heterocycles. The predicted molar refractivity (Wildman–Crippen MR) is 73.6 cm³/mol. The van der Waals surface area contributed by atoms with E-state index >= 15 is 0 Å². The molecule has 1 heterocycles. The highest BCUT2D eigenvalue weighted by atomic mass is 16.6. The third kappa shape index (κ3) is 5.71. The standard InChI is InChI=1S/C14H28N2O2/c1-13(2,3)7-10-8-15-9-11(10)16-12(17)18-14(4,5)6/h10-11,15H,7-9H2,1-6H3,(H,16,17)/t10-,11-/m1/s1. The Kier molecular flexibility index (Phi) is 4.65. The van der Waals surface area contributed by atoms with Crippen LogP contribution in [0, 0.1) is 11.3 Å². The number of hydrogen-bond donors (Lipinski definition) is 2. The zero-order valence-corrected chi connectivity index (χ0v) is 12.6. The topological polar surface area (TPSA) is 50.4 Å². The summed E-state index contributed by atoms with van der Waals surface area (Å²) in [5.41, 5.74) is -0.153. The normalized spacial score (nSPS) is 25.0. The van der Waals surface area contributed by atoms with Gasteiger partial charge in [0.25, 0.3) is 0 Å². The lowest BCUT2D eigenvalue weighted by Crippen LogP contribution is -2.43. The second-order valence-corrected chi connectivity index (χ2v) is 7.44. The van der Waals surface area contributed by atoms with Crippen molar-refractivity contribution in [2.45, 2.75) is 59.6 Å². The summed E-state index contributed by atoms with van der Waals surface area (Å²) in [5, 5.41) is 6.33. The minimum absolute atomic E-state index is 0.180. The lowest BCUT2D eigenvalue weighted by atomic mass is 9.82. The number of rotatable bonds is 2. The highest BCUT2D eigenvalue weighted by Gasteiger charge is 2.32. The van der Waals surface area contributed by atoms with Crippen molar-refractivity contribution >= 4 is 6.09 Å². The van der Waals surface area contributed by atoms with Gasteiger partial charge in [-0.05, 0) is 38.5 Å². The molecule has 1 rings (SSSR count). The van der Waals surface area contributed by atoms with E-state index in [1.807, 2.05) is 20.8 Å². The molecule has 2 N–H and O–H groups in total. The van der Waals surface area contributed by atoms with Crippen molar-refractivity contribution in [1.29, 1.82) is 0 Å². The lowest BCUT2D eigenvalue weighted by molar-refractivity contribution is 0.0491. The summed E-state index contributed by atoms with van der Waals surface area (Å²) in [6, 6.07) is 0.180. The molecule has 4 heteroatoms. The Hall–Kier alpha value is -0.770. The largest absolute Gasteiger partial charge is 0.444 e. The van der Waals surface area contributed by atoms with Gasteiger partial charge in [-0.3, -0.25) is 0 Å². The van der Waals surface area contributed by atoms with Gasteiger partial charge in [0, 0.05) is 19.1 Å². The molecule has 0 spiro atoms. The molecule has 1 aliphatic heterocycles. The maximum absolute atomic E-state index is 11.8. The Balaban J connectivity index is 2.48. The number of carbonyl (C=O) groups is 1. The van der Waals surface area contributed by atoms with Crippen LogP contribution in [0.3, 0.4) is 0 Å². The molecule has 1 fully saturated rings. The van der Waals surface area contributed by atoms with Crippen LogP contribution in [-0.4, -0.2) is 30.8 Å². The Labute approximate surface area is 111 Å². The van der Waals surface area contributed by atoms with E-state index in [4.69, 9.17) is 4.74 Å². The molecule has 1 aliphatic rings. The molecule has 4 nitrogen and oxygen atoms in total. The molecule has 0 radical (unpaired) electrons. The van der Waals surface area contributed by atoms with Crippen molar-refractivity contribution in [2.24, 2.45) is 11.3 Å². The predicted octanol–water partition coefficient (Wildman–Crippen LogP) is 2.54. The molecule has 2 atom stereocenters. The minimum Gasteiger partial charge on any atom is -0.444 e. The van der Waals surface area contributed by atoms with Crippen LogP contribution in [-0.2, 0) is 4.74 Å². The van der Waals surface area contributed by atoms with E-state index in [1.165, 1.54) is 0 Å². The average molecular weight is 256 g/mol. The van der Waals surface area contributed by atoms with Crippen molar-refractivity contribution in [3.8, 4) is 0 Å². The van der Waals surface area contributed by atoms with Crippen molar-refractivity contribution in [2.75, 3.05) is 13.1 Å². The van der Waals surface area contributed by atoms with E-state index < -0.39 is 5.60 Å². The molecule has 0 saturated carbocycles. The summed E-state index contributed by atoms with van der Waals surface area (Å²) in [6.07, 6.45) is 0.788.